The summed E-state index contributed by atoms with van der Waals surface area (Å²) in [7, 11) is 0. The Kier molecular flexibility index (Phi) is 4.29. The smallest absolute Gasteiger partial charge is 0.253 e. The van der Waals surface area contributed by atoms with E-state index in [2.05, 4.69) is 16.8 Å². The Bertz CT molecular complexity index is 634. The molecule has 0 aliphatic carbocycles. The monoisotopic (exact) mass is 260 g/mol. The third kappa shape index (κ3) is 3.06. The van der Waals surface area contributed by atoms with E-state index in [1.165, 1.54) is 18.6 Å². The Morgan fingerprint density at radius 2 is 2.33 bits per heavy atom. The SMILES string of the molecule is O=c1ccncn1Cc1sccc1C#CCCO. The van der Waals surface area contributed by atoms with Gasteiger partial charge in [-0.15, -0.1) is 11.3 Å². The maximum atomic E-state index is 11.6. The first-order valence-electron chi connectivity index (χ1n) is 5.48. The van der Waals surface area contributed by atoms with Gasteiger partial charge in [0.1, 0.15) is 0 Å². The average Bonchev–Trinajstić information content (AvgIpc) is 2.80. The number of rotatable bonds is 3. The molecule has 92 valence electrons. The molecule has 18 heavy (non-hydrogen) atoms. The van der Waals surface area contributed by atoms with Crippen molar-refractivity contribution in [3.63, 3.8) is 0 Å². The van der Waals surface area contributed by atoms with E-state index < -0.39 is 0 Å². The van der Waals surface area contributed by atoms with Gasteiger partial charge in [-0.25, -0.2) is 4.98 Å². The maximum Gasteiger partial charge on any atom is 0.253 e. The van der Waals surface area contributed by atoms with Crippen LogP contribution in [0.1, 0.15) is 16.9 Å². The van der Waals surface area contributed by atoms with Crippen LogP contribution in [0, 0.1) is 11.8 Å². The highest BCUT2D eigenvalue weighted by Gasteiger charge is 2.03. The molecule has 0 saturated carbocycles. The van der Waals surface area contributed by atoms with E-state index in [1.807, 2.05) is 11.4 Å². The van der Waals surface area contributed by atoms with Gasteiger partial charge < -0.3 is 5.11 Å². The lowest BCUT2D eigenvalue weighted by molar-refractivity contribution is 0.305. The van der Waals surface area contributed by atoms with Gasteiger partial charge in [0.05, 0.1) is 19.5 Å². The molecular weight excluding hydrogens is 248 g/mol. The number of nitrogens with zero attached hydrogens (tertiary/aromatic N) is 2. The summed E-state index contributed by atoms with van der Waals surface area (Å²) in [6, 6.07) is 3.36. The summed E-state index contributed by atoms with van der Waals surface area (Å²) in [6.45, 7) is 0.544. The van der Waals surface area contributed by atoms with Crippen LogP contribution in [0.3, 0.4) is 0 Å². The molecule has 0 bridgehead atoms. The van der Waals surface area contributed by atoms with Gasteiger partial charge >= 0.3 is 0 Å². The molecule has 1 N–H and O–H groups in total. The van der Waals surface area contributed by atoms with Crippen LogP contribution < -0.4 is 5.56 Å². The quantitative estimate of drug-likeness (QED) is 0.840. The third-order valence-electron chi connectivity index (χ3n) is 2.31. The van der Waals surface area contributed by atoms with E-state index in [1.54, 1.807) is 15.9 Å². The Labute approximate surface area is 109 Å². The van der Waals surface area contributed by atoms with Crippen molar-refractivity contribution in [1.29, 1.82) is 0 Å². The molecule has 0 fully saturated rings. The van der Waals surface area contributed by atoms with Gasteiger partial charge in [-0.05, 0) is 11.4 Å². The molecule has 0 amide bonds. The van der Waals surface area contributed by atoms with Crippen molar-refractivity contribution >= 4 is 11.3 Å². The van der Waals surface area contributed by atoms with Crippen LogP contribution in [0.4, 0.5) is 0 Å². The number of thiophene rings is 1. The molecule has 0 radical (unpaired) electrons. The third-order valence-corrected chi connectivity index (χ3v) is 3.22. The zero-order chi connectivity index (χ0) is 12.8. The molecule has 0 aromatic carbocycles. The Morgan fingerprint density at radius 1 is 1.44 bits per heavy atom. The Hall–Kier alpha value is -1.90. The predicted octanol–water partition coefficient (Wildman–Crippen LogP) is 1.09. The molecule has 4 nitrogen and oxygen atoms in total. The van der Waals surface area contributed by atoms with Gasteiger partial charge in [0.2, 0.25) is 0 Å². The minimum atomic E-state index is -0.0762. The van der Waals surface area contributed by atoms with E-state index in [9.17, 15) is 4.79 Å². The summed E-state index contributed by atoms with van der Waals surface area (Å²) >= 11 is 1.56. The van der Waals surface area contributed by atoms with Crippen LogP contribution in [0.2, 0.25) is 0 Å². The lowest BCUT2D eigenvalue weighted by Gasteiger charge is -2.02. The van der Waals surface area contributed by atoms with Gasteiger partial charge in [0.15, 0.2) is 0 Å². The topological polar surface area (TPSA) is 55.1 Å². The summed E-state index contributed by atoms with van der Waals surface area (Å²) in [4.78, 5) is 16.5. The lowest BCUT2D eigenvalue weighted by atomic mass is 10.2. The fourth-order valence-electron chi connectivity index (χ4n) is 1.44. The van der Waals surface area contributed by atoms with Gasteiger partial charge in [-0.2, -0.15) is 0 Å². The van der Waals surface area contributed by atoms with Gasteiger partial charge in [0.25, 0.3) is 5.56 Å². The van der Waals surface area contributed by atoms with Crippen molar-refractivity contribution in [1.82, 2.24) is 9.55 Å². The number of aliphatic hydroxyl groups excluding tert-OH is 1. The maximum absolute atomic E-state index is 11.6. The van der Waals surface area contributed by atoms with Crippen LogP contribution in [0.25, 0.3) is 0 Å². The second kappa shape index (κ2) is 6.15. The van der Waals surface area contributed by atoms with Crippen LogP contribution in [-0.2, 0) is 6.54 Å². The molecule has 2 aromatic heterocycles. The second-order valence-electron chi connectivity index (χ2n) is 3.58. The Balaban J connectivity index is 2.21. The number of hydrogen-bond acceptors (Lipinski definition) is 4. The highest BCUT2D eigenvalue weighted by molar-refractivity contribution is 7.10. The fraction of sp³-hybridized carbons (Fsp3) is 0.231. The first kappa shape index (κ1) is 12.6. The van der Waals surface area contributed by atoms with Gasteiger partial charge in [0, 0.05) is 29.1 Å². The Morgan fingerprint density at radius 3 is 3.11 bits per heavy atom. The van der Waals surface area contributed by atoms with Crippen molar-refractivity contribution < 1.29 is 5.11 Å². The fourth-order valence-corrected chi connectivity index (χ4v) is 2.27. The predicted molar refractivity (Wildman–Crippen MR) is 70.5 cm³/mol. The number of hydrogen-bond donors (Lipinski definition) is 1. The molecule has 0 aliphatic heterocycles. The van der Waals surface area contributed by atoms with Gasteiger partial charge in [-0.3, -0.25) is 9.36 Å². The van der Waals surface area contributed by atoms with E-state index in [0.29, 0.717) is 13.0 Å². The van der Waals surface area contributed by atoms with Crippen molar-refractivity contribution in [2.24, 2.45) is 0 Å². The summed E-state index contributed by atoms with van der Waals surface area (Å²) < 4.78 is 1.54. The van der Waals surface area contributed by atoms with E-state index >= 15 is 0 Å². The normalized spacial score (nSPS) is 9.83. The van der Waals surface area contributed by atoms with Crippen LogP contribution >= 0.6 is 11.3 Å². The van der Waals surface area contributed by atoms with E-state index in [-0.39, 0.29) is 12.2 Å². The average molecular weight is 260 g/mol. The molecule has 0 unspecified atom stereocenters. The zero-order valence-electron chi connectivity index (χ0n) is 9.67. The highest BCUT2D eigenvalue weighted by atomic mass is 32.1. The summed E-state index contributed by atoms with van der Waals surface area (Å²) in [5, 5.41) is 10.6. The minimum absolute atomic E-state index is 0.0640. The molecule has 2 rings (SSSR count). The second-order valence-corrected chi connectivity index (χ2v) is 4.58. The summed E-state index contributed by atoms with van der Waals surface area (Å²) in [5.41, 5.74) is 0.830. The van der Waals surface area contributed by atoms with E-state index in [0.717, 1.165) is 10.4 Å². The number of aromatic nitrogens is 2. The summed E-state index contributed by atoms with van der Waals surface area (Å²) in [6.07, 6.45) is 3.46. The molecule has 0 spiro atoms. The van der Waals surface area contributed by atoms with Gasteiger partial charge in [-0.1, -0.05) is 11.8 Å². The van der Waals surface area contributed by atoms with Crippen molar-refractivity contribution in [3.05, 3.63) is 50.8 Å². The first-order valence-corrected chi connectivity index (χ1v) is 6.36. The summed E-state index contributed by atoms with van der Waals surface area (Å²) in [5.74, 6) is 5.88. The van der Waals surface area contributed by atoms with Crippen LogP contribution in [0.5, 0.6) is 0 Å². The van der Waals surface area contributed by atoms with Crippen LogP contribution in [-0.4, -0.2) is 21.3 Å². The molecule has 2 aromatic rings. The zero-order valence-corrected chi connectivity index (χ0v) is 10.5. The molecule has 0 aliphatic rings. The number of aliphatic hydroxyl groups is 1. The molecular formula is C13H12N2O2S. The minimum Gasteiger partial charge on any atom is -0.395 e. The molecule has 2 heterocycles. The van der Waals surface area contributed by atoms with Crippen molar-refractivity contribution in [3.8, 4) is 11.8 Å². The standard InChI is InChI=1S/C13H12N2O2S/c16-7-2-1-3-11-5-8-18-12(11)9-15-10-14-6-4-13(15)17/h4-6,8,10,16H,2,7,9H2. The van der Waals surface area contributed by atoms with Crippen molar-refractivity contribution in [2.45, 2.75) is 13.0 Å². The lowest BCUT2D eigenvalue weighted by Crippen LogP contribution is -2.19. The highest BCUT2D eigenvalue weighted by Crippen LogP contribution is 2.16. The van der Waals surface area contributed by atoms with E-state index in [4.69, 9.17) is 5.11 Å². The first-order chi connectivity index (χ1) is 8.81. The largest absolute Gasteiger partial charge is 0.395 e. The van der Waals surface area contributed by atoms with Crippen LogP contribution in [0.15, 0.2) is 34.8 Å². The molecule has 0 atom stereocenters. The molecule has 5 heteroatoms. The van der Waals surface area contributed by atoms with Crippen molar-refractivity contribution in [2.75, 3.05) is 6.61 Å². The molecule has 0 saturated heterocycles.